The number of fused-ring (bicyclic) bond motifs is 1. The fourth-order valence-electron chi connectivity index (χ4n) is 4.37. The molecule has 4 rings (SSSR count). The number of hydrogen-bond donors (Lipinski definition) is 3. The van der Waals surface area contributed by atoms with Crippen molar-refractivity contribution in [2.45, 2.75) is 33.4 Å². The maximum atomic E-state index is 12.8. The molecule has 176 valence electrons. The van der Waals surface area contributed by atoms with Crippen molar-refractivity contribution in [1.82, 2.24) is 20.9 Å². The first-order valence-electron chi connectivity index (χ1n) is 11.4. The molecule has 0 bridgehead atoms. The maximum absolute atomic E-state index is 12.8. The van der Waals surface area contributed by atoms with Gasteiger partial charge in [-0.1, -0.05) is 61.0 Å². The van der Waals surface area contributed by atoms with Crippen LogP contribution in [0.15, 0.2) is 64.1 Å². The third-order valence-corrected chi connectivity index (χ3v) is 6.72. The van der Waals surface area contributed by atoms with Crippen LogP contribution in [0.2, 0.25) is 0 Å². The summed E-state index contributed by atoms with van der Waals surface area (Å²) in [6.07, 6.45) is 0.770. The molecule has 7 nitrogen and oxygen atoms in total. The minimum absolute atomic E-state index is 0.0341. The summed E-state index contributed by atoms with van der Waals surface area (Å²) in [5, 5.41) is 8.76. The Kier molecular flexibility index (Phi) is 7.00. The molecular formula is C26H27BrN4O3. The van der Waals surface area contributed by atoms with Gasteiger partial charge in [-0.05, 0) is 54.9 Å². The molecule has 0 aromatic heterocycles. The van der Waals surface area contributed by atoms with Crippen LogP contribution >= 0.6 is 15.9 Å². The Labute approximate surface area is 207 Å². The van der Waals surface area contributed by atoms with E-state index in [1.807, 2.05) is 31.2 Å². The van der Waals surface area contributed by atoms with E-state index in [0.717, 1.165) is 29.5 Å². The van der Waals surface area contributed by atoms with E-state index < -0.39 is 0 Å². The van der Waals surface area contributed by atoms with E-state index >= 15 is 0 Å². The largest absolute Gasteiger partial charge is 0.337 e. The molecule has 8 heteroatoms. The molecule has 0 fully saturated rings. The molecular weight excluding hydrogens is 496 g/mol. The number of hydrogen-bond acceptors (Lipinski definition) is 4. The molecule has 1 atom stereocenters. The number of benzene rings is 2. The Hall–Kier alpha value is -3.23. The number of rotatable bonds is 8. The van der Waals surface area contributed by atoms with Gasteiger partial charge in [0.2, 0.25) is 0 Å². The van der Waals surface area contributed by atoms with Gasteiger partial charge in [0.25, 0.3) is 17.7 Å². The van der Waals surface area contributed by atoms with E-state index in [1.54, 1.807) is 24.3 Å². The van der Waals surface area contributed by atoms with Gasteiger partial charge in [0.15, 0.2) is 0 Å². The standard InChI is InChI=1S/C26H27BrN4O3/c1-4-19(31(5-2)6-3)28-24(32)17-9-7-15(8-10-17)22-20-21(26(34)29-22)23(30-25(20)33)16-11-13-18(27)14-12-16/h7-14,19H,4-6H2,1-3H3,(H,28,32)(H,29,34)(H,30,33). The smallest absolute Gasteiger partial charge is 0.258 e. The van der Waals surface area contributed by atoms with Gasteiger partial charge in [-0.25, -0.2) is 0 Å². The van der Waals surface area contributed by atoms with E-state index in [0.29, 0.717) is 33.7 Å². The van der Waals surface area contributed by atoms with E-state index in [2.05, 4.69) is 50.6 Å². The van der Waals surface area contributed by atoms with E-state index in [-0.39, 0.29) is 23.9 Å². The summed E-state index contributed by atoms with van der Waals surface area (Å²) in [4.78, 5) is 40.6. The van der Waals surface area contributed by atoms with Crippen LogP contribution in [0.5, 0.6) is 0 Å². The Balaban J connectivity index is 1.61. The van der Waals surface area contributed by atoms with Gasteiger partial charge in [0, 0.05) is 10.0 Å². The summed E-state index contributed by atoms with van der Waals surface area (Å²) in [5.74, 6) is -0.809. The van der Waals surface area contributed by atoms with Crippen molar-refractivity contribution in [1.29, 1.82) is 0 Å². The average molecular weight is 523 g/mol. The highest BCUT2D eigenvalue weighted by atomic mass is 79.9. The summed E-state index contributed by atoms with van der Waals surface area (Å²) in [6.45, 7) is 7.89. The number of halogens is 1. The van der Waals surface area contributed by atoms with Crippen LogP contribution in [-0.2, 0) is 9.59 Å². The summed E-state index contributed by atoms with van der Waals surface area (Å²) in [6, 6.07) is 14.3. The van der Waals surface area contributed by atoms with Gasteiger partial charge in [-0.2, -0.15) is 0 Å². The van der Waals surface area contributed by atoms with Crippen LogP contribution in [0.4, 0.5) is 0 Å². The molecule has 2 aromatic rings. The average Bonchev–Trinajstić information content (AvgIpc) is 3.37. The quantitative estimate of drug-likeness (QED) is 0.461. The van der Waals surface area contributed by atoms with Crippen molar-refractivity contribution in [3.05, 3.63) is 80.8 Å². The van der Waals surface area contributed by atoms with Crippen molar-refractivity contribution in [2.75, 3.05) is 13.1 Å². The van der Waals surface area contributed by atoms with Crippen LogP contribution < -0.4 is 16.0 Å². The second-order valence-electron chi connectivity index (χ2n) is 8.11. The molecule has 0 radical (unpaired) electrons. The summed E-state index contributed by atoms with van der Waals surface area (Å²) >= 11 is 3.40. The summed E-state index contributed by atoms with van der Waals surface area (Å²) in [5.41, 5.74) is 3.55. The fraction of sp³-hybridized carbons (Fsp3) is 0.269. The lowest BCUT2D eigenvalue weighted by molar-refractivity contribution is -0.117. The van der Waals surface area contributed by atoms with E-state index in [4.69, 9.17) is 0 Å². The lowest BCUT2D eigenvalue weighted by atomic mass is 10.0. The van der Waals surface area contributed by atoms with Crippen LogP contribution in [0, 0.1) is 0 Å². The first-order chi connectivity index (χ1) is 16.4. The topological polar surface area (TPSA) is 90.5 Å². The fourth-order valence-corrected chi connectivity index (χ4v) is 4.63. The maximum Gasteiger partial charge on any atom is 0.258 e. The number of carbonyl (C=O) groups excluding carboxylic acids is 3. The van der Waals surface area contributed by atoms with Crippen LogP contribution in [0.1, 0.15) is 48.7 Å². The minimum atomic E-state index is -0.326. The molecule has 0 saturated carbocycles. The predicted molar refractivity (Wildman–Crippen MR) is 135 cm³/mol. The van der Waals surface area contributed by atoms with Crippen molar-refractivity contribution in [2.24, 2.45) is 0 Å². The Morgan fingerprint density at radius 3 is 1.76 bits per heavy atom. The van der Waals surface area contributed by atoms with Crippen molar-refractivity contribution >= 4 is 45.0 Å². The van der Waals surface area contributed by atoms with Gasteiger partial charge in [-0.15, -0.1) is 0 Å². The molecule has 1 unspecified atom stereocenters. The molecule has 2 aliphatic heterocycles. The SMILES string of the molecule is CCC(NC(=O)c1ccc(C2=C3C(=O)NC(c4ccc(Br)cc4)=C3C(=O)N2)cc1)N(CC)CC. The minimum Gasteiger partial charge on any atom is -0.337 e. The van der Waals surface area contributed by atoms with Crippen LogP contribution in [0.3, 0.4) is 0 Å². The van der Waals surface area contributed by atoms with Crippen LogP contribution in [0.25, 0.3) is 11.4 Å². The molecule has 2 heterocycles. The number of amides is 3. The van der Waals surface area contributed by atoms with Crippen LogP contribution in [-0.4, -0.2) is 41.9 Å². The molecule has 2 aromatic carbocycles. The van der Waals surface area contributed by atoms with Crippen molar-refractivity contribution in [3.63, 3.8) is 0 Å². The molecule has 0 aliphatic carbocycles. The lowest BCUT2D eigenvalue weighted by Gasteiger charge is -2.29. The zero-order valence-electron chi connectivity index (χ0n) is 19.4. The Bertz CT molecular complexity index is 1200. The first-order valence-corrected chi connectivity index (χ1v) is 12.2. The number of carbonyl (C=O) groups is 3. The first kappa shape index (κ1) is 23.9. The predicted octanol–water partition coefficient (Wildman–Crippen LogP) is 3.64. The summed E-state index contributed by atoms with van der Waals surface area (Å²) < 4.78 is 0.907. The highest BCUT2D eigenvalue weighted by molar-refractivity contribution is 9.10. The number of nitrogens with zero attached hydrogens (tertiary/aromatic N) is 1. The van der Waals surface area contributed by atoms with Gasteiger partial charge >= 0.3 is 0 Å². The molecule has 34 heavy (non-hydrogen) atoms. The Morgan fingerprint density at radius 2 is 1.32 bits per heavy atom. The monoisotopic (exact) mass is 522 g/mol. The molecule has 2 aliphatic rings. The second kappa shape index (κ2) is 9.95. The lowest BCUT2D eigenvalue weighted by Crippen LogP contribution is -2.47. The zero-order chi connectivity index (χ0) is 24.4. The Morgan fingerprint density at radius 1 is 0.853 bits per heavy atom. The second-order valence-corrected chi connectivity index (χ2v) is 9.03. The number of nitrogens with one attached hydrogen (secondary N) is 3. The highest BCUT2D eigenvalue weighted by Crippen LogP contribution is 2.37. The molecule has 3 amide bonds. The normalized spacial score (nSPS) is 16.0. The zero-order valence-corrected chi connectivity index (χ0v) is 21.0. The van der Waals surface area contributed by atoms with Crippen molar-refractivity contribution in [3.8, 4) is 0 Å². The van der Waals surface area contributed by atoms with Gasteiger partial charge in [0.05, 0.1) is 28.7 Å². The third-order valence-electron chi connectivity index (χ3n) is 6.19. The van der Waals surface area contributed by atoms with Gasteiger partial charge < -0.3 is 16.0 Å². The molecule has 0 spiro atoms. The van der Waals surface area contributed by atoms with E-state index in [9.17, 15) is 14.4 Å². The molecule has 0 saturated heterocycles. The highest BCUT2D eigenvalue weighted by Gasteiger charge is 2.40. The summed E-state index contributed by atoms with van der Waals surface area (Å²) in [7, 11) is 0. The van der Waals surface area contributed by atoms with Gasteiger partial charge in [0.1, 0.15) is 0 Å². The van der Waals surface area contributed by atoms with Gasteiger partial charge in [-0.3, -0.25) is 19.3 Å². The van der Waals surface area contributed by atoms with Crippen molar-refractivity contribution < 1.29 is 14.4 Å². The molecule has 3 N–H and O–H groups in total. The third kappa shape index (κ3) is 4.43. The van der Waals surface area contributed by atoms with E-state index in [1.165, 1.54) is 0 Å².